The molecule has 0 bridgehead atoms. The van der Waals surface area contributed by atoms with E-state index in [1.807, 2.05) is 21.7 Å². The zero-order valence-corrected chi connectivity index (χ0v) is 17.6. The van der Waals surface area contributed by atoms with Crippen molar-refractivity contribution in [1.29, 1.82) is 0 Å². The molecule has 4 rings (SSSR count). The van der Waals surface area contributed by atoms with Gasteiger partial charge in [0.25, 0.3) is 5.91 Å². The van der Waals surface area contributed by atoms with Gasteiger partial charge in [-0.25, -0.2) is 0 Å². The maximum absolute atomic E-state index is 13.0. The molecule has 2 aromatic rings. The summed E-state index contributed by atoms with van der Waals surface area (Å²) in [6.07, 6.45) is 6.19. The second-order valence-corrected chi connectivity index (χ2v) is 8.08. The quantitative estimate of drug-likeness (QED) is 0.782. The van der Waals surface area contributed by atoms with E-state index in [0.29, 0.717) is 11.7 Å². The molecule has 0 radical (unpaired) electrons. The zero-order chi connectivity index (χ0) is 20.2. The number of rotatable bonds is 7. The summed E-state index contributed by atoms with van der Waals surface area (Å²) in [4.78, 5) is 15.0. The zero-order valence-electron chi connectivity index (χ0n) is 17.6. The van der Waals surface area contributed by atoms with E-state index in [1.54, 1.807) is 7.11 Å². The molecular weight excluding hydrogens is 364 g/mol. The molecule has 29 heavy (non-hydrogen) atoms. The van der Waals surface area contributed by atoms with Gasteiger partial charge in [-0.2, -0.15) is 5.10 Å². The molecule has 2 aliphatic rings. The van der Waals surface area contributed by atoms with Crippen molar-refractivity contribution in [3.8, 4) is 5.75 Å². The van der Waals surface area contributed by atoms with Gasteiger partial charge in [0.2, 0.25) is 0 Å². The number of nitrogens with one attached hydrogen (secondary N) is 1. The van der Waals surface area contributed by atoms with Crippen LogP contribution in [0, 0.1) is 0 Å². The summed E-state index contributed by atoms with van der Waals surface area (Å²) in [6.45, 7) is 5.61. The molecule has 1 fully saturated rings. The molecule has 1 saturated heterocycles. The molecule has 1 atom stereocenters. The lowest BCUT2D eigenvalue weighted by Gasteiger charge is -2.25. The van der Waals surface area contributed by atoms with Crippen LogP contribution in [0.15, 0.2) is 24.3 Å². The summed E-state index contributed by atoms with van der Waals surface area (Å²) in [7, 11) is 1.69. The summed E-state index contributed by atoms with van der Waals surface area (Å²) in [5, 5.41) is 8.43. The standard InChI is InChI=1S/C23H32N4O2/c1-3-27-21-11-8-18(24-13-12-17-6-9-19(29-2)10-7-17)16-20(21)22(25-27)23(28)26-14-4-5-15-26/h6-7,9-10,18,24H,3-5,8,11-16H2,1-2H3/t18-/m1/s1. The van der Waals surface area contributed by atoms with Gasteiger partial charge in [-0.05, 0) is 69.7 Å². The van der Waals surface area contributed by atoms with E-state index in [1.165, 1.54) is 16.8 Å². The van der Waals surface area contributed by atoms with Gasteiger partial charge in [-0.1, -0.05) is 12.1 Å². The number of carbonyl (C=O) groups is 1. The van der Waals surface area contributed by atoms with Crippen LogP contribution in [0.5, 0.6) is 5.75 Å². The summed E-state index contributed by atoms with van der Waals surface area (Å²) in [6, 6.07) is 8.67. The van der Waals surface area contributed by atoms with Gasteiger partial charge in [0.15, 0.2) is 5.69 Å². The van der Waals surface area contributed by atoms with E-state index in [4.69, 9.17) is 9.84 Å². The highest BCUT2D eigenvalue weighted by atomic mass is 16.5. The number of hydrogen-bond donors (Lipinski definition) is 1. The number of carbonyl (C=O) groups excluding carboxylic acids is 1. The Morgan fingerprint density at radius 2 is 2.00 bits per heavy atom. The van der Waals surface area contributed by atoms with Crippen molar-refractivity contribution in [2.75, 3.05) is 26.7 Å². The normalized spacial score (nSPS) is 18.7. The Bertz CT molecular complexity index is 837. The Morgan fingerprint density at radius 1 is 1.24 bits per heavy atom. The van der Waals surface area contributed by atoms with Gasteiger partial charge in [0, 0.05) is 36.9 Å². The van der Waals surface area contributed by atoms with E-state index in [2.05, 4.69) is 24.4 Å². The number of aromatic nitrogens is 2. The molecule has 6 nitrogen and oxygen atoms in total. The van der Waals surface area contributed by atoms with Crippen LogP contribution in [0.3, 0.4) is 0 Å². The fourth-order valence-corrected chi connectivity index (χ4v) is 4.58. The molecule has 0 spiro atoms. The van der Waals surface area contributed by atoms with Crippen LogP contribution in [0.25, 0.3) is 0 Å². The molecular formula is C23H32N4O2. The Morgan fingerprint density at radius 3 is 2.69 bits per heavy atom. The minimum atomic E-state index is 0.129. The molecule has 1 aromatic heterocycles. The van der Waals surface area contributed by atoms with Gasteiger partial charge in [0.05, 0.1) is 7.11 Å². The first-order valence-corrected chi connectivity index (χ1v) is 10.9. The Balaban J connectivity index is 1.40. The highest BCUT2D eigenvalue weighted by Crippen LogP contribution is 2.27. The average Bonchev–Trinajstić information content (AvgIpc) is 3.42. The lowest BCUT2D eigenvalue weighted by molar-refractivity contribution is 0.0785. The van der Waals surface area contributed by atoms with Gasteiger partial charge in [0.1, 0.15) is 5.75 Å². The number of amides is 1. The third-order valence-electron chi connectivity index (χ3n) is 6.25. The van der Waals surface area contributed by atoms with Crippen molar-refractivity contribution in [3.05, 3.63) is 46.8 Å². The van der Waals surface area contributed by atoms with E-state index in [9.17, 15) is 4.79 Å². The minimum absolute atomic E-state index is 0.129. The Labute approximate surface area is 173 Å². The van der Waals surface area contributed by atoms with Crippen LogP contribution in [-0.2, 0) is 25.8 Å². The number of benzene rings is 1. The average molecular weight is 397 g/mol. The topological polar surface area (TPSA) is 59.4 Å². The van der Waals surface area contributed by atoms with Crippen LogP contribution in [0.1, 0.15) is 53.5 Å². The molecule has 0 saturated carbocycles. The molecule has 1 aliphatic carbocycles. The second kappa shape index (κ2) is 8.99. The van der Waals surface area contributed by atoms with Gasteiger partial charge >= 0.3 is 0 Å². The first kappa shape index (κ1) is 20.0. The maximum Gasteiger partial charge on any atom is 0.274 e. The van der Waals surface area contributed by atoms with Crippen molar-refractivity contribution in [1.82, 2.24) is 20.0 Å². The van der Waals surface area contributed by atoms with Crippen molar-refractivity contribution in [2.24, 2.45) is 0 Å². The number of ether oxygens (including phenoxy) is 1. The molecule has 1 amide bonds. The van der Waals surface area contributed by atoms with Crippen LogP contribution in [0.4, 0.5) is 0 Å². The van der Waals surface area contributed by atoms with Crippen molar-refractivity contribution >= 4 is 5.91 Å². The summed E-state index contributed by atoms with van der Waals surface area (Å²) >= 11 is 0. The molecule has 156 valence electrons. The molecule has 1 N–H and O–H groups in total. The summed E-state index contributed by atoms with van der Waals surface area (Å²) in [5.74, 6) is 1.02. The monoisotopic (exact) mass is 396 g/mol. The first-order chi connectivity index (χ1) is 14.2. The van der Waals surface area contributed by atoms with Gasteiger partial charge in [-0.3, -0.25) is 9.48 Å². The summed E-state index contributed by atoms with van der Waals surface area (Å²) in [5.41, 5.74) is 4.45. The molecule has 0 unspecified atom stereocenters. The first-order valence-electron chi connectivity index (χ1n) is 10.9. The minimum Gasteiger partial charge on any atom is -0.497 e. The Kier molecular flexibility index (Phi) is 6.19. The predicted octanol–water partition coefficient (Wildman–Crippen LogP) is 2.84. The SMILES string of the molecule is CCn1nc(C(=O)N2CCCC2)c2c1CC[C@@H](NCCc1ccc(OC)cc1)C2. The van der Waals surface area contributed by atoms with E-state index in [-0.39, 0.29) is 5.91 Å². The van der Waals surface area contributed by atoms with Crippen LogP contribution >= 0.6 is 0 Å². The highest BCUT2D eigenvalue weighted by Gasteiger charge is 2.31. The number of methoxy groups -OCH3 is 1. The van der Waals surface area contributed by atoms with Crippen LogP contribution < -0.4 is 10.1 Å². The lowest BCUT2D eigenvalue weighted by atomic mass is 9.91. The van der Waals surface area contributed by atoms with Crippen LogP contribution in [0.2, 0.25) is 0 Å². The van der Waals surface area contributed by atoms with Crippen molar-refractivity contribution in [3.63, 3.8) is 0 Å². The molecule has 2 heterocycles. The smallest absolute Gasteiger partial charge is 0.274 e. The van der Waals surface area contributed by atoms with Crippen molar-refractivity contribution in [2.45, 2.75) is 58.0 Å². The fourth-order valence-electron chi connectivity index (χ4n) is 4.58. The fraction of sp³-hybridized carbons (Fsp3) is 0.565. The predicted molar refractivity (Wildman–Crippen MR) is 114 cm³/mol. The second-order valence-electron chi connectivity index (χ2n) is 8.08. The number of nitrogens with zero attached hydrogens (tertiary/aromatic N) is 3. The van der Waals surface area contributed by atoms with Crippen LogP contribution in [-0.4, -0.2) is 53.4 Å². The number of likely N-dealkylation sites (tertiary alicyclic amines) is 1. The van der Waals surface area contributed by atoms with E-state index < -0.39 is 0 Å². The van der Waals surface area contributed by atoms with Crippen molar-refractivity contribution < 1.29 is 9.53 Å². The van der Waals surface area contributed by atoms with E-state index >= 15 is 0 Å². The largest absolute Gasteiger partial charge is 0.497 e. The van der Waals surface area contributed by atoms with Gasteiger partial charge < -0.3 is 15.0 Å². The third-order valence-corrected chi connectivity index (χ3v) is 6.25. The van der Waals surface area contributed by atoms with E-state index in [0.717, 1.165) is 70.5 Å². The molecule has 6 heteroatoms. The number of hydrogen-bond acceptors (Lipinski definition) is 4. The number of fused-ring (bicyclic) bond motifs is 1. The third kappa shape index (κ3) is 4.32. The summed E-state index contributed by atoms with van der Waals surface area (Å²) < 4.78 is 7.27. The Hall–Kier alpha value is -2.34. The molecule has 1 aromatic carbocycles. The maximum atomic E-state index is 13.0. The lowest BCUT2D eigenvalue weighted by Crippen LogP contribution is -2.37. The molecule has 1 aliphatic heterocycles. The highest BCUT2D eigenvalue weighted by molar-refractivity contribution is 5.94. The van der Waals surface area contributed by atoms with Gasteiger partial charge in [-0.15, -0.1) is 0 Å². The number of aryl methyl sites for hydroxylation is 1.